The van der Waals surface area contributed by atoms with Crippen LogP contribution in [-0.4, -0.2) is 16.8 Å². The molecule has 0 fully saturated rings. The lowest BCUT2D eigenvalue weighted by molar-refractivity contribution is -0.114. The summed E-state index contributed by atoms with van der Waals surface area (Å²) in [5, 5.41) is 6.82. The topological polar surface area (TPSA) is 84.2 Å². The van der Waals surface area contributed by atoms with Gasteiger partial charge in [-0.1, -0.05) is 34.5 Å². The molecule has 0 spiro atoms. The third-order valence-electron chi connectivity index (χ3n) is 3.96. The molecule has 0 aliphatic rings. The smallest absolute Gasteiger partial charge is 0.293 e. The van der Waals surface area contributed by atoms with Gasteiger partial charge in [-0.05, 0) is 48.5 Å². The molecule has 2 aromatic carbocycles. The fourth-order valence-electron chi connectivity index (χ4n) is 2.71. The second kappa shape index (κ2) is 7.87. The summed E-state index contributed by atoms with van der Waals surface area (Å²) in [6.07, 6.45) is 0. The van der Waals surface area contributed by atoms with Crippen molar-refractivity contribution in [2.24, 2.45) is 0 Å². The molecule has 2 amide bonds. The summed E-state index contributed by atoms with van der Waals surface area (Å²) in [5.41, 5.74) is 2.02. The molecule has 2 N–H and O–H groups in total. The number of furan rings is 1. The van der Waals surface area contributed by atoms with Gasteiger partial charge in [-0.3, -0.25) is 14.9 Å². The maximum Gasteiger partial charge on any atom is 0.293 e. The van der Waals surface area contributed by atoms with Gasteiger partial charge >= 0.3 is 0 Å². The van der Waals surface area contributed by atoms with Crippen molar-refractivity contribution >= 4 is 67.4 Å². The summed E-state index contributed by atoms with van der Waals surface area (Å²) >= 11 is 13.4. The summed E-state index contributed by atoms with van der Waals surface area (Å²) in [6, 6.07) is 13.6. The lowest BCUT2D eigenvalue weighted by Gasteiger charge is -2.01. The number of halogens is 2. The number of amides is 2. The van der Waals surface area contributed by atoms with Crippen LogP contribution >= 0.6 is 34.5 Å². The van der Waals surface area contributed by atoms with E-state index in [0.717, 1.165) is 4.70 Å². The zero-order chi connectivity index (χ0) is 20.5. The van der Waals surface area contributed by atoms with Gasteiger partial charge in [-0.25, -0.2) is 4.98 Å². The SMILES string of the molecule is CC(=O)Nc1ccc2nc(NC(=O)c3ccc(-c4ccc(Cl)cc4Cl)o3)sc2c1. The summed E-state index contributed by atoms with van der Waals surface area (Å²) < 4.78 is 6.48. The Morgan fingerprint density at radius 2 is 1.86 bits per heavy atom. The quantitative estimate of drug-likeness (QED) is 0.398. The number of rotatable bonds is 4. The van der Waals surface area contributed by atoms with Crippen LogP contribution in [0.2, 0.25) is 10.0 Å². The number of hydrogen-bond acceptors (Lipinski definition) is 5. The molecule has 0 unspecified atom stereocenters. The molecule has 0 bridgehead atoms. The molecule has 0 saturated carbocycles. The maximum absolute atomic E-state index is 12.5. The van der Waals surface area contributed by atoms with Gasteiger partial charge < -0.3 is 9.73 Å². The molecule has 2 aromatic heterocycles. The Morgan fingerprint density at radius 1 is 1.03 bits per heavy atom. The van der Waals surface area contributed by atoms with Gasteiger partial charge in [0, 0.05) is 23.2 Å². The molecular weight excluding hydrogens is 433 g/mol. The summed E-state index contributed by atoms with van der Waals surface area (Å²) in [4.78, 5) is 28.1. The second-order valence-electron chi connectivity index (χ2n) is 6.12. The van der Waals surface area contributed by atoms with E-state index in [1.165, 1.54) is 18.3 Å². The average molecular weight is 446 g/mol. The highest BCUT2D eigenvalue weighted by molar-refractivity contribution is 7.22. The van der Waals surface area contributed by atoms with Crippen molar-refractivity contribution in [1.82, 2.24) is 4.98 Å². The van der Waals surface area contributed by atoms with E-state index in [2.05, 4.69) is 15.6 Å². The van der Waals surface area contributed by atoms with E-state index in [9.17, 15) is 9.59 Å². The Morgan fingerprint density at radius 3 is 2.62 bits per heavy atom. The largest absolute Gasteiger partial charge is 0.451 e. The van der Waals surface area contributed by atoms with Gasteiger partial charge in [0.05, 0.1) is 15.2 Å². The highest BCUT2D eigenvalue weighted by Crippen LogP contribution is 2.32. The van der Waals surface area contributed by atoms with Crippen LogP contribution < -0.4 is 10.6 Å². The van der Waals surface area contributed by atoms with Crippen molar-refractivity contribution < 1.29 is 14.0 Å². The van der Waals surface area contributed by atoms with Crippen LogP contribution in [0.4, 0.5) is 10.8 Å². The molecule has 0 radical (unpaired) electrons. The van der Waals surface area contributed by atoms with Crippen molar-refractivity contribution in [3.8, 4) is 11.3 Å². The fraction of sp³-hybridized carbons (Fsp3) is 0.0500. The molecule has 6 nitrogen and oxygen atoms in total. The van der Waals surface area contributed by atoms with Crippen LogP contribution in [0.3, 0.4) is 0 Å². The van der Waals surface area contributed by atoms with E-state index in [4.69, 9.17) is 27.6 Å². The number of carbonyl (C=O) groups is 2. The van der Waals surface area contributed by atoms with Crippen LogP contribution in [0.5, 0.6) is 0 Å². The first-order valence-electron chi connectivity index (χ1n) is 8.44. The van der Waals surface area contributed by atoms with Crippen LogP contribution in [-0.2, 0) is 4.79 Å². The van der Waals surface area contributed by atoms with Crippen molar-refractivity contribution in [3.63, 3.8) is 0 Å². The number of benzene rings is 2. The normalized spacial score (nSPS) is 10.9. The van der Waals surface area contributed by atoms with E-state index in [1.54, 1.807) is 48.5 Å². The molecule has 0 atom stereocenters. The maximum atomic E-state index is 12.5. The third-order valence-corrected chi connectivity index (χ3v) is 5.44. The summed E-state index contributed by atoms with van der Waals surface area (Å²) in [7, 11) is 0. The molecule has 2 heterocycles. The molecule has 0 aliphatic heterocycles. The molecule has 4 rings (SSSR count). The predicted molar refractivity (Wildman–Crippen MR) is 116 cm³/mol. The van der Waals surface area contributed by atoms with E-state index in [1.807, 2.05) is 0 Å². The first-order chi connectivity index (χ1) is 13.9. The molecule has 0 aliphatic carbocycles. The highest BCUT2D eigenvalue weighted by Gasteiger charge is 2.16. The molecule has 146 valence electrons. The standard InChI is InChI=1S/C20H13Cl2N3O3S/c1-10(26)23-12-3-5-15-18(9-12)29-20(24-15)25-19(27)17-7-6-16(28-17)13-4-2-11(21)8-14(13)22/h2-9H,1H3,(H,23,26)(H,24,25,27). The lowest BCUT2D eigenvalue weighted by atomic mass is 10.2. The average Bonchev–Trinajstić information content (AvgIpc) is 3.27. The minimum absolute atomic E-state index is 0.129. The van der Waals surface area contributed by atoms with Gasteiger partial charge in [0.1, 0.15) is 5.76 Å². The van der Waals surface area contributed by atoms with E-state index >= 15 is 0 Å². The van der Waals surface area contributed by atoms with E-state index in [-0.39, 0.29) is 11.7 Å². The van der Waals surface area contributed by atoms with Gasteiger partial charge in [0.25, 0.3) is 5.91 Å². The third kappa shape index (κ3) is 4.27. The Kier molecular flexibility index (Phi) is 5.27. The number of anilines is 2. The van der Waals surface area contributed by atoms with E-state index in [0.29, 0.717) is 37.7 Å². The minimum Gasteiger partial charge on any atom is -0.451 e. The van der Waals surface area contributed by atoms with Gasteiger partial charge in [0.2, 0.25) is 5.91 Å². The Hall–Kier alpha value is -2.87. The molecule has 0 saturated heterocycles. The van der Waals surface area contributed by atoms with Crippen LogP contribution in [0.15, 0.2) is 52.9 Å². The summed E-state index contributed by atoms with van der Waals surface area (Å²) in [5.74, 6) is 0.00422. The Bertz CT molecular complexity index is 1250. The number of hydrogen-bond donors (Lipinski definition) is 2. The first-order valence-corrected chi connectivity index (χ1v) is 10.0. The van der Waals surface area contributed by atoms with Crippen molar-refractivity contribution in [1.29, 1.82) is 0 Å². The monoisotopic (exact) mass is 445 g/mol. The van der Waals surface area contributed by atoms with Crippen LogP contribution in [0.1, 0.15) is 17.5 Å². The number of thiazole rings is 1. The minimum atomic E-state index is -0.428. The lowest BCUT2D eigenvalue weighted by Crippen LogP contribution is -2.10. The number of aromatic nitrogens is 1. The van der Waals surface area contributed by atoms with Crippen LogP contribution in [0.25, 0.3) is 21.5 Å². The van der Waals surface area contributed by atoms with Gasteiger partial charge in [0.15, 0.2) is 10.9 Å². The predicted octanol–water partition coefficient (Wildman–Crippen LogP) is 6.07. The summed E-state index contributed by atoms with van der Waals surface area (Å²) in [6.45, 7) is 1.44. The van der Waals surface area contributed by atoms with E-state index < -0.39 is 5.91 Å². The van der Waals surface area contributed by atoms with Crippen molar-refractivity contribution in [2.75, 3.05) is 10.6 Å². The number of nitrogens with one attached hydrogen (secondary N) is 2. The Labute approximate surface area is 179 Å². The van der Waals surface area contributed by atoms with Crippen molar-refractivity contribution in [3.05, 3.63) is 64.3 Å². The molecule has 4 aromatic rings. The zero-order valence-electron chi connectivity index (χ0n) is 15.0. The van der Waals surface area contributed by atoms with Gasteiger partial charge in [-0.15, -0.1) is 0 Å². The zero-order valence-corrected chi connectivity index (χ0v) is 17.3. The van der Waals surface area contributed by atoms with Gasteiger partial charge in [-0.2, -0.15) is 0 Å². The molecule has 29 heavy (non-hydrogen) atoms. The highest BCUT2D eigenvalue weighted by atomic mass is 35.5. The van der Waals surface area contributed by atoms with Crippen molar-refractivity contribution in [2.45, 2.75) is 6.92 Å². The molecular formula is C20H13Cl2N3O3S. The number of nitrogens with zero attached hydrogens (tertiary/aromatic N) is 1. The van der Waals surface area contributed by atoms with Crippen LogP contribution in [0, 0.1) is 0 Å². The Balaban J connectivity index is 1.53. The number of carbonyl (C=O) groups excluding carboxylic acids is 2. The first kappa shape index (κ1) is 19.4. The molecule has 9 heteroatoms. The second-order valence-corrected chi connectivity index (χ2v) is 8.00. The fourth-order valence-corrected chi connectivity index (χ4v) is 4.11. The number of fused-ring (bicyclic) bond motifs is 1.